The van der Waals surface area contributed by atoms with E-state index in [9.17, 15) is 27.4 Å². The number of carbonyl (C=O) groups is 1. The Kier molecular flexibility index (Phi) is 7.88. The second kappa shape index (κ2) is 10.8. The molecule has 2 aliphatic heterocycles. The molecule has 1 saturated heterocycles. The van der Waals surface area contributed by atoms with Crippen LogP contribution in [0.4, 0.5) is 29.5 Å². The third-order valence-corrected chi connectivity index (χ3v) is 6.95. The monoisotopic (exact) mass is 562 g/mol. The van der Waals surface area contributed by atoms with Gasteiger partial charge in [-0.25, -0.2) is 19.0 Å². The van der Waals surface area contributed by atoms with Crippen LogP contribution in [0.15, 0.2) is 24.3 Å². The molecule has 1 atom stereocenters. The normalized spacial score (nSPS) is 17.9. The van der Waals surface area contributed by atoms with Crippen LogP contribution in [0.2, 0.25) is 0 Å². The first-order valence-electron chi connectivity index (χ1n) is 12.4. The number of halogens is 3. The van der Waals surface area contributed by atoms with Gasteiger partial charge < -0.3 is 19.4 Å². The number of fused-ring (bicyclic) bond motifs is 1. The second-order valence-corrected chi connectivity index (χ2v) is 11.1. The molecule has 1 aromatic carbocycles. The first-order valence-corrected chi connectivity index (χ1v) is 13.1. The van der Waals surface area contributed by atoms with Crippen LogP contribution in [0.3, 0.4) is 0 Å². The van der Waals surface area contributed by atoms with Crippen molar-refractivity contribution in [3.05, 3.63) is 46.9 Å². The number of piperazine rings is 1. The van der Waals surface area contributed by atoms with Gasteiger partial charge in [-0.3, -0.25) is 0 Å². The SMILES string of the molecule is Cc1nc2c(c(N3CCN(C(=O)OC(C)(C)C)C(CC#N)C3)n1)C(=S=O)CN(c1ccccc1C(F)(F)F)C2. The summed E-state index contributed by atoms with van der Waals surface area (Å²) in [5.41, 5.74) is -0.555. The number of nitrogens with zero attached hydrogens (tertiary/aromatic N) is 6. The quantitative estimate of drug-likeness (QED) is 0.519. The summed E-state index contributed by atoms with van der Waals surface area (Å²) >= 11 is 0.207. The van der Waals surface area contributed by atoms with E-state index in [0.29, 0.717) is 34.3 Å². The Balaban J connectivity index is 1.69. The summed E-state index contributed by atoms with van der Waals surface area (Å²) in [6, 6.07) is 6.91. The Labute approximate surface area is 228 Å². The van der Waals surface area contributed by atoms with E-state index in [1.165, 1.54) is 28.0 Å². The number of alkyl halides is 3. The predicted octanol–water partition coefficient (Wildman–Crippen LogP) is 3.90. The maximum Gasteiger partial charge on any atom is 0.418 e. The van der Waals surface area contributed by atoms with Gasteiger partial charge in [0.2, 0.25) is 0 Å². The Morgan fingerprint density at radius 1 is 1.15 bits per heavy atom. The zero-order valence-electron chi connectivity index (χ0n) is 22.1. The smallest absolute Gasteiger partial charge is 0.418 e. The largest absolute Gasteiger partial charge is 0.444 e. The standard InChI is InChI=1S/C26H29F3N6O3S/c1-16-31-19-14-34(20-8-6-5-7-18(20)26(27,28)29)15-21(39-37)22(19)23(32-16)33-11-12-35(17(13-33)9-10-30)24(36)38-25(2,3)4/h5-8,17H,9,11-15H2,1-4H3. The molecule has 1 amide bonds. The summed E-state index contributed by atoms with van der Waals surface area (Å²) in [6.07, 6.45) is -5.00. The summed E-state index contributed by atoms with van der Waals surface area (Å²) in [7, 11) is 0. The maximum atomic E-state index is 13.7. The van der Waals surface area contributed by atoms with Crippen molar-refractivity contribution in [3.8, 4) is 6.07 Å². The van der Waals surface area contributed by atoms with Gasteiger partial charge in [0.05, 0.1) is 64.6 Å². The van der Waals surface area contributed by atoms with E-state index in [1.54, 1.807) is 27.7 Å². The number of para-hydroxylation sites is 1. The van der Waals surface area contributed by atoms with Crippen molar-refractivity contribution in [1.29, 1.82) is 5.26 Å². The molecule has 0 radical (unpaired) electrons. The highest BCUT2D eigenvalue weighted by Crippen LogP contribution is 2.39. The number of aryl methyl sites for hydroxylation is 1. The summed E-state index contributed by atoms with van der Waals surface area (Å²) in [5, 5.41) is 9.43. The molecule has 0 spiro atoms. The lowest BCUT2D eigenvalue weighted by molar-refractivity contribution is -0.137. The zero-order valence-corrected chi connectivity index (χ0v) is 22.9. The van der Waals surface area contributed by atoms with Crippen LogP contribution in [0, 0.1) is 18.3 Å². The van der Waals surface area contributed by atoms with E-state index in [1.807, 2.05) is 4.90 Å². The summed E-state index contributed by atoms with van der Waals surface area (Å²) in [4.78, 5) is 27.2. The molecule has 1 aromatic heterocycles. The molecule has 2 aliphatic rings. The topological polar surface area (TPSA) is 103 Å². The minimum Gasteiger partial charge on any atom is -0.444 e. The van der Waals surface area contributed by atoms with Crippen LogP contribution in [0.5, 0.6) is 0 Å². The number of hydrogen-bond donors (Lipinski definition) is 0. The summed E-state index contributed by atoms with van der Waals surface area (Å²) in [6.45, 7) is 7.91. The highest BCUT2D eigenvalue weighted by atomic mass is 32.1. The predicted molar refractivity (Wildman–Crippen MR) is 141 cm³/mol. The Hall–Kier alpha value is -3.66. The van der Waals surface area contributed by atoms with Crippen LogP contribution in [0.1, 0.15) is 49.8 Å². The highest BCUT2D eigenvalue weighted by Gasteiger charge is 2.39. The molecule has 13 heteroatoms. The van der Waals surface area contributed by atoms with Gasteiger partial charge in [-0.2, -0.15) is 18.4 Å². The molecular weight excluding hydrogens is 533 g/mol. The lowest BCUT2D eigenvalue weighted by atomic mass is 10.0. The summed E-state index contributed by atoms with van der Waals surface area (Å²) in [5.74, 6) is 0.878. The second-order valence-electron chi connectivity index (χ2n) is 10.4. The van der Waals surface area contributed by atoms with Gasteiger partial charge in [0, 0.05) is 25.3 Å². The highest BCUT2D eigenvalue weighted by molar-refractivity contribution is 7.67. The van der Waals surface area contributed by atoms with E-state index in [4.69, 9.17) is 4.74 Å². The van der Waals surface area contributed by atoms with Crippen LogP contribution in [0.25, 0.3) is 0 Å². The van der Waals surface area contributed by atoms with Crippen LogP contribution >= 0.6 is 0 Å². The molecule has 0 saturated carbocycles. The average Bonchev–Trinajstić information content (AvgIpc) is 2.86. The van der Waals surface area contributed by atoms with Gasteiger partial charge in [0.1, 0.15) is 17.2 Å². The average molecular weight is 563 g/mol. The first-order chi connectivity index (χ1) is 18.3. The number of benzene rings is 1. The number of rotatable bonds is 3. The Bertz CT molecular complexity index is 1360. The Morgan fingerprint density at radius 3 is 2.51 bits per heavy atom. The van der Waals surface area contributed by atoms with Crippen molar-refractivity contribution in [2.24, 2.45) is 0 Å². The van der Waals surface area contributed by atoms with Gasteiger partial charge in [-0.15, -0.1) is 0 Å². The first kappa shape index (κ1) is 28.4. The number of carbonyl (C=O) groups excluding carboxylic acids is 1. The van der Waals surface area contributed by atoms with E-state index >= 15 is 0 Å². The molecule has 0 bridgehead atoms. The molecule has 0 N–H and O–H groups in total. The third-order valence-electron chi connectivity index (χ3n) is 6.42. The van der Waals surface area contributed by atoms with E-state index in [-0.39, 0.29) is 49.5 Å². The number of amides is 1. The molecule has 9 nitrogen and oxygen atoms in total. The van der Waals surface area contributed by atoms with Crippen molar-refractivity contribution in [1.82, 2.24) is 14.9 Å². The molecule has 208 valence electrons. The van der Waals surface area contributed by atoms with Crippen LogP contribution in [-0.2, 0) is 28.7 Å². The lowest BCUT2D eigenvalue weighted by Gasteiger charge is -2.42. The van der Waals surface area contributed by atoms with Crippen molar-refractivity contribution < 1.29 is 26.9 Å². The molecule has 0 aliphatic carbocycles. The number of aromatic nitrogens is 2. The van der Waals surface area contributed by atoms with Crippen molar-refractivity contribution in [2.45, 2.75) is 58.5 Å². The lowest BCUT2D eigenvalue weighted by Crippen LogP contribution is -2.56. The minimum atomic E-state index is -4.56. The molecule has 39 heavy (non-hydrogen) atoms. The molecule has 1 fully saturated rings. The van der Waals surface area contributed by atoms with Gasteiger partial charge in [-0.05, 0) is 39.8 Å². The van der Waals surface area contributed by atoms with Crippen molar-refractivity contribution >= 4 is 33.7 Å². The van der Waals surface area contributed by atoms with E-state index in [2.05, 4.69) is 16.0 Å². The van der Waals surface area contributed by atoms with Gasteiger partial charge >= 0.3 is 12.3 Å². The fraction of sp³-hybridized carbons (Fsp3) is 0.500. The molecular formula is C26H29F3N6O3S. The van der Waals surface area contributed by atoms with Gasteiger partial charge in [-0.1, -0.05) is 12.1 Å². The van der Waals surface area contributed by atoms with Gasteiger partial charge in [0.15, 0.2) is 0 Å². The van der Waals surface area contributed by atoms with Crippen LogP contribution < -0.4 is 9.80 Å². The number of anilines is 2. The zero-order chi connectivity index (χ0) is 28.5. The van der Waals surface area contributed by atoms with E-state index in [0.717, 1.165) is 6.07 Å². The van der Waals surface area contributed by atoms with Crippen molar-refractivity contribution in [3.63, 3.8) is 0 Å². The van der Waals surface area contributed by atoms with Crippen LogP contribution in [-0.4, -0.2) is 67.9 Å². The Morgan fingerprint density at radius 2 is 1.87 bits per heavy atom. The van der Waals surface area contributed by atoms with Gasteiger partial charge in [0.25, 0.3) is 0 Å². The molecule has 4 rings (SSSR count). The molecule has 1 unspecified atom stereocenters. The number of hydrogen-bond acceptors (Lipinski definition) is 8. The summed E-state index contributed by atoms with van der Waals surface area (Å²) < 4.78 is 59.0. The fourth-order valence-electron chi connectivity index (χ4n) is 4.85. The third kappa shape index (κ3) is 6.16. The maximum absolute atomic E-state index is 13.7. The van der Waals surface area contributed by atoms with Crippen molar-refractivity contribution in [2.75, 3.05) is 36.0 Å². The molecule has 3 heterocycles. The number of ether oxygens (including phenoxy) is 1. The van der Waals surface area contributed by atoms with E-state index < -0.39 is 29.5 Å². The molecule has 2 aromatic rings. The minimum absolute atomic E-state index is 0.0277. The fourth-order valence-corrected chi connectivity index (χ4v) is 5.35. The number of nitriles is 1.